The van der Waals surface area contributed by atoms with Crippen LogP contribution in [-0.2, 0) is 12.8 Å². The van der Waals surface area contributed by atoms with Crippen molar-refractivity contribution in [1.29, 1.82) is 0 Å². The van der Waals surface area contributed by atoms with Gasteiger partial charge in [0.25, 0.3) is 17.4 Å². The van der Waals surface area contributed by atoms with E-state index in [4.69, 9.17) is 0 Å². The van der Waals surface area contributed by atoms with Gasteiger partial charge in [-0.2, -0.15) is 0 Å². The van der Waals surface area contributed by atoms with Gasteiger partial charge in [-0.1, -0.05) is 19.1 Å². The maximum atomic E-state index is 12.3. The van der Waals surface area contributed by atoms with Crippen LogP contribution >= 0.6 is 0 Å². The van der Waals surface area contributed by atoms with Crippen molar-refractivity contribution in [3.63, 3.8) is 0 Å². The fourth-order valence-electron chi connectivity index (χ4n) is 3.17. The molecule has 1 aliphatic heterocycles. The number of aliphatic hydroxyl groups is 1. The number of aliphatic hydroxyl groups excluding tert-OH is 1. The van der Waals surface area contributed by atoms with Crippen molar-refractivity contribution in [3.05, 3.63) is 68.6 Å². The molecule has 2 heterocycles. The molecule has 0 fully saturated rings. The van der Waals surface area contributed by atoms with Crippen LogP contribution in [0.15, 0.2) is 35.1 Å². The molecule has 0 unspecified atom stereocenters. The molecule has 25 heavy (non-hydrogen) atoms. The summed E-state index contributed by atoms with van der Waals surface area (Å²) >= 11 is 0. The van der Waals surface area contributed by atoms with Gasteiger partial charge in [-0.05, 0) is 37.1 Å². The van der Waals surface area contributed by atoms with Gasteiger partial charge in [0.2, 0.25) is 0 Å². The highest BCUT2D eigenvalue weighted by Crippen LogP contribution is 2.22. The Hall–Kier alpha value is -2.73. The maximum Gasteiger partial charge on any atom is 0.261 e. The summed E-state index contributed by atoms with van der Waals surface area (Å²) < 4.78 is 0. The molecule has 6 nitrogen and oxygen atoms in total. The lowest BCUT2D eigenvalue weighted by Gasteiger charge is -2.18. The third-order valence-corrected chi connectivity index (χ3v) is 4.53. The second kappa shape index (κ2) is 6.64. The lowest BCUT2D eigenvalue weighted by Crippen LogP contribution is -2.38. The third-order valence-electron chi connectivity index (χ3n) is 4.53. The first kappa shape index (κ1) is 17.1. The van der Waals surface area contributed by atoms with Gasteiger partial charge in [0, 0.05) is 17.7 Å². The zero-order valence-corrected chi connectivity index (χ0v) is 14.2. The van der Waals surface area contributed by atoms with E-state index in [1.54, 1.807) is 30.3 Å². The van der Waals surface area contributed by atoms with Crippen molar-refractivity contribution in [2.75, 3.05) is 6.54 Å². The van der Waals surface area contributed by atoms with E-state index in [1.165, 1.54) is 0 Å². The number of aromatic amines is 1. The number of H-pyrrole nitrogens is 1. The molecule has 3 rings (SSSR count). The molecule has 2 amide bonds. The van der Waals surface area contributed by atoms with E-state index in [2.05, 4.69) is 4.98 Å². The topological polar surface area (TPSA) is 90.5 Å². The molecular weight excluding hydrogens is 320 g/mol. The maximum absolute atomic E-state index is 12.3. The summed E-state index contributed by atoms with van der Waals surface area (Å²) in [7, 11) is 0. The Bertz CT molecular complexity index is 866. The molecule has 2 N–H and O–H groups in total. The number of carbonyl (C=O) groups excluding carboxylic acids is 2. The molecule has 1 aromatic heterocycles. The van der Waals surface area contributed by atoms with Crippen LogP contribution in [0.5, 0.6) is 0 Å². The number of benzene rings is 1. The Morgan fingerprint density at radius 2 is 1.68 bits per heavy atom. The summed E-state index contributed by atoms with van der Waals surface area (Å²) in [5.41, 5.74) is 2.71. The number of hydrogen-bond acceptors (Lipinski definition) is 4. The minimum absolute atomic E-state index is 0.0794. The minimum atomic E-state index is -1.00. The minimum Gasteiger partial charge on any atom is -0.391 e. The number of carbonyl (C=O) groups is 2. The molecule has 1 aromatic carbocycles. The van der Waals surface area contributed by atoms with Gasteiger partial charge in [0.05, 0.1) is 23.8 Å². The molecular formula is C19H20N2O4. The Morgan fingerprint density at radius 3 is 2.24 bits per heavy atom. The second-order valence-corrected chi connectivity index (χ2v) is 6.25. The van der Waals surface area contributed by atoms with E-state index in [0.29, 0.717) is 16.7 Å². The van der Waals surface area contributed by atoms with Crippen LogP contribution in [0.1, 0.15) is 44.5 Å². The number of aryl methyl sites for hydroxylation is 2. The molecule has 6 heteroatoms. The quantitative estimate of drug-likeness (QED) is 0.806. The molecule has 0 saturated carbocycles. The standard InChI is InChI=1S/C19H20N2O4/c1-3-12-8-13(17(23)20-11(12)2)9-14(22)10-21-18(24)15-6-4-5-7-16(15)19(21)25/h4-8,14,22H,3,9-10H2,1-2H3,(H,20,23)/t14-/m0/s1. The fourth-order valence-corrected chi connectivity index (χ4v) is 3.17. The number of imide groups is 1. The molecule has 0 saturated heterocycles. The van der Waals surface area contributed by atoms with E-state index in [0.717, 1.165) is 22.6 Å². The Kier molecular flexibility index (Phi) is 4.55. The predicted molar refractivity (Wildman–Crippen MR) is 92.7 cm³/mol. The van der Waals surface area contributed by atoms with Gasteiger partial charge >= 0.3 is 0 Å². The summed E-state index contributed by atoms with van der Waals surface area (Å²) in [4.78, 5) is 40.6. The van der Waals surface area contributed by atoms with Crippen LogP contribution in [0.2, 0.25) is 0 Å². The van der Waals surface area contributed by atoms with Crippen LogP contribution in [0.3, 0.4) is 0 Å². The number of hydrogen-bond donors (Lipinski definition) is 2. The molecule has 0 bridgehead atoms. The number of nitrogens with one attached hydrogen (secondary N) is 1. The summed E-state index contributed by atoms with van der Waals surface area (Å²) in [6.45, 7) is 3.68. The smallest absolute Gasteiger partial charge is 0.261 e. The van der Waals surface area contributed by atoms with Crippen LogP contribution in [-0.4, -0.2) is 39.5 Å². The first-order valence-corrected chi connectivity index (χ1v) is 8.27. The highest BCUT2D eigenvalue weighted by atomic mass is 16.3. The number of rotatable bonds is 5. The van der Waals surface area contributed by atoms with Crippen molar-refractivity contribution in [2.24, 2.45) is 0 Å². The van der Waals surface area contributed by atoms with Gasteiger partial charge in [0.15, 0.2) is 0 Å². The lowest BCUT2D eigenvalue weighted by molar-refractivity contribution is 0.0544. The predicted octanol–water partition coefficient (Wildman–Crippen LogP) is 1.45. The normalized spacial score (nSPS) is 14.8. The van der Waals surface area contributed by atoms with Crippen molar-refractivity contribution in [2.45, 2.75) is 32.8 Å². The number of β-amino-alcohol motifs (C(OH)–C–C–N with tert-alkyl or cyclic N) is 1. The molecule has 0 spiro atoms. The number of pyridine rings is 1. The van der Waals surface area contributed by atoms with Crippen LogP contribution in [0, 0.1) is 6.92 Å². The molecule has 1 atom stereocenters. The Labute approximate surface area is 145 Å². The summed E-state index contributed by atoms with van der Waals surface area (Å²) in [5, 5.41) is 10.3. The van der Waals surface area contributed by atoms with E-state index in [-0.39, 0.29) is 18.5 Å². The summed E-state index contributed by atoms with van der Waals surface area (Å²) in [6, 6.07) is 8.37. The van der Waals surface area contributed by atoms with E-state index in [1.807, 2.05) is 13.8 Å². The SMILES string of the molecule is CCc1cc(C[C@H](O)CN2C(=O)c3ccccc3C2=O)c(=O)[nH]c1C. The third kappa shape index (κ3) is 3.13. The van der Waals surface area contributed by atoms with Crippen molar-refractivity contribution < 1.29 is 14.7 Å². The number of amides is 2. The van der Waals surface area contributed by atoms with Gasteiger partial charge in [-0.15, -0.1) is 0 Å². The van der Waals surface area contributed by atoms with Crippen molar-refractivity contribution in [3.8, 4) is 0 Å². The largest absolute Gasteiger partial charge is 0.391 e. The highest BCUT2D eigenvalue weighted by Gasteiger charge is 2.36. The molecule has 1 aliphatic rings. The molecule has 2 aromatic rings. The summed E-state index contributed by atoms with van der Waals surface area (Å²) in [6.07, 6.45) is -0.157. The molecule has 0 aliphatic carbocycles. The van der Waals surface area contributed by atoms with E-state index in [9.17, 15) is 19.5 Å². The van der Waals surface area contributed by atoms with Gasteiger partial charge in [-0.3, -0.25) is 19.3 Å². The van der Waals surface area contributed by atoms with Gasteiger partial charge < -0.3 is 10.1 Å². The van der Waals surface area contributed by atoms with E-state index >= 15 is 0 Å². The Balaban J connectivity index is 1.76. The zero-order valence-electron chi connectivity index (χ0n) is 14.2. The van der Waals surface area contributed by atoms with Crippen LogP contribution < -0.4 is 5.56 Å². The zero-order chi connectivity index (χ0) is 18.1. The monoisotopic (exact) mass is 340 g/mol. The van der Waals surface area contributed by atoms with Gasteiger partial charge in [0.1, 0.15) is 0 Å². The summed E-state index contributed by atoms with van der Waals surface area (Å²) in [5.74, 6) is -0.821. The average molecular weight is 340 g/mol. The second-order valence-electron chi connectivity index (χ2n) is 6.25. The molecule has 130 valence electrons. The number of fused-ring (bicyclic) bond motifs is 1. The Morgan fingerprint density at radius 1 is 1.08 bits per heavy atom. The first-order chi connectivity index (χ1) is 11.9. The lowest BCUT2D eigenvalue weighted by atomic mass is 10.0. The fraction of sp³-hybridized carbons (Fsp3) is 0.316. The number of aromatic nitrogens is 1. The van der Waals surface area contributed by atoms with Gasteiger partial charge in [-0.25, -0.2) is 0 Å². The molecule has 0 radical (unpaired) electrons. The highest BCUT2D eigenvalue weighted by molar-refractivity contribution is 6.21. The van der Waals surface area contributed by atoms with Crippen molar-refractivity contribution >= 4 is 11.8 Å². The first-order valence-electron chi connectivity index (χ1n) is 8.27. The van der Waals surface area contributed by atoms with E-state index < -0.39 is 17.9 Å². The van der Waals surface area contributed by atoms with Crippen LogP contribution in [0.25, 0.3) is 0 Å². The van der Waals surface area contributed by atoms with Crippen molar-refractivity contribution in [1.82, 2.24) is 9.88 Å². The average Bonchev–Trinajstić information content (AvgIpc) is 2.83. The number of nitrogens with zero attached hydrogens (tertiary/aromatic N) is 1. The van der Waals surface area contributed by atoms with Crippen LogP contribution in [0.4, 0.5) is 0 Å².